The van der Waals surface area contributed by atoms with Crippen LogP contribution in [0.2, 0.25) is 0 Å². The summed E-state index contributed by atoms with van der Waals surface area (Å²) in [6.45, 7) is 4.63. The van der Waals surface area contributed by atoms with Crippen LogP contribution < -0.4 is 5.32 Å². The summed E-state index contributed by atoms with van der Waals surface area (Å²) < 4.78 is 6.96. The van der Waals surface area contributed by atoms with Crippen molar-refractivity contribution in [2.24, 2.45) is 0 Å². The van der Waals surface area contributed by atoms with Gasteiger partial charge in [-0.15, -0.1) is 0 Å². The number of rotatable bonds is 3. The van der Waals surface area contributed by atoms with Gasteiger partial charge in [-0.05, 0) is 6.92 Å². The Morgan fingerprint density at radius 2 is 2.58 bits per heavy atom. The molecule has 0 aromatic carbocycles. The summed E-state index contributed by atoms with van der Waals surface area (Å²) in [5, 5.41) is 7.48. The van der Waals surface area contributed by atoms with Crippen LogP contribution in [0, 0.1) is 0 Å². The van der Waals surface area contributed by atoms with E-state index < -0.39 is 0 Å². The first-order valence-electron chi connectivity index (χ1n) is 4.25. The summed E-state index contributed by atoms with van der Waals surface area (Å²) in [7, 11) is 0. The number of nitrogens with zero attached hydrogens (tertiary/aromatic N) is 2. The van der Waals surface area contributed by atoms with Gasteiger partial charge >= 0.3 is 0 Å². The van der Waals surface area contributed by atoms with Crippen molar-refractivity contribution in [1.82, 2.24) is 9.78 Å². The van der Waals surface area contributed by atoms with Gasteiger partial charge in [-0.1, -0.05) is 0 Å². The predicted octanol–water partition coefficient (Wildman–Crippen LogP) is 0.714. The number of aromatic nitrogens is 2. The van der Waals surface area contributed by atoms with Crippen molar-refractivity contribution in [3.05, 3.63) is 12.4 Å². The minimum absolute atomic E-state index is 0.486. The van der Waals surface area contributed by atoms with Gasteiger partial charge in [0.25, 0.3) is 0 Å². The smallest absolute Gasteiger partial charge is 0.0730 e. The molecule has 0 spiro atoms. The average Bonchev–Trinajstić information content (AvgIpc) is 2.44. The van der Waals surface area contributed by atoms with E-state index in [1.807, 2.05) is 17.1 Å². The molecule has 1 aliphatic rings. The zero-order chi connectivity index (χ0) is 8.39. The second-order valence-electron chi connectivity index (χ2n) is 2.96. The average molecular weight is 167 g/mol. The van der Waals surface area contributed by atoms with Crippen LogP contribution in [0.15, 0.2) is 12.4 Å². The Morgan fingerprint density at radius 1 is 1.75 bits per heavy atom. The zero-order valence-electron chi connectivity index (χ0n) is 7.16. The van der Waals surface area contributed by atoms with Crippen molar-refractivity contribution >= 4 is 5.69 Å². The lowest BCUT2D eigenvalue weighted by molar-refractivity contribution is 0.0211. The van der Waals surface area contributed by atoms with Crippen molar-refractivity contribution in [2.45, 2.75) is 19.5 Å². The quantitative estimate of drug-likeness (QED) is 0.720. The van der Waals surface area contributed by atoms with Gasteiger partial charge in [0, 0.05) is 12.7 Å². The summed E-state index contributed by atoms with van der Waals surface area (Å²) in [5.74, 6) is 0. The molecule has 0 atom stereocenters. The highest BCUT2D eigenvalue weighted by atomic mass is 16.5. The van der Waals surface area contributed by atoms with Gasteiger partial charge in [0.1, 0.15) is 0 Å². The van der Waals surface area contributed by atoms with Crippen molar-refractivity contribution in [3.63, 3.8) is 0 Å². The third-order valence-electron chi connectivity index (χ3n) is 1.97. The number of ether oxygens (including phenoxy) is 1. The van der Waals surface area contributed by atoms with Crippen LogP contribution in [0.25, 0.3) is 0 Å². The van der Waals surface area contributed by atoms with Crippen molar-refractivity contribution < 1.29 is 4.74 Å². The minimum atomic E-state index is 0.486. The summed E-state index contributed by atoms with van der Waals surface area (Å²) in [6, 6.07) is 0.486. The molecule has 0 saturated carbocycles. The van der Waals surface area contributed by atoms with E-state index >= 15 is 0 Å². The van der Waals surface area contributed by atoms with E-state index in [4.69, 9.17) is 4.74 Å². The van der Waals surface area contributed by atoms with Gasteiger partial charge in [0.2, 0.25) is 0 Å². The molecule has 0 unspecified atom stereocenters. The number of nitrogens with one attached hydrogen (secondary N) is 1. The Balaban J connectivity index is 1.93. The first-order valence-corrected chi connectivity index (χ1v) is 4.25. The first-order chi connectivity index (χ1) is 5.88. The molecule has 1 saturated heterocycles. The van der Waals surface area contributed by atoms with Crippen LogP contribution in [-0.4, -0.2) is 29.0 Å². The molecule has 2 heterocycles. The molecule has 0 bridgehead atoms. The third kappa shape index (κ3) is 1.43. The lowest BCUT2D eigenvalue weighted by Crippen LogP contribution is -2.40. The molecule has 1 fully saturated rings. The lowest BCUT2D eigenvalue weighted by Gasteiger charge is -2.26. The van der Waals surface area contributed by atoms with Gasteiger partial charge in [-0.3, -0.25) is 4.68 Å². The standard InChI is InChI=1S/C8H13N3O/c1-2-11-4-7(3-9-11)10-8-5-12-6-8/h3-4,8,10H,2,5-6H2,1H3. The summed E-state index contributed by atoms with van der Waals surface area (Å²) in [5.41, 5.74) is 1.09. The second kappa shape index (κ2) is 3.15. The molecule has 0 aliphatic carbocycles. The lowest BCUT2D eigenvalue weighted by atomic mass is 10.2. The normalized spacial score (nSPS) is 17.4. The van der Waals surface area contributed by atoms with E-state index in [9.17, 15) is 0 Å². The van der Waals surface area contributed by atoms with E-state index in [0.717, 1.165) is 25.4 Å². The summed E-state index contributed by atoms with van der Waals surface area (Å²) in [6.07, 6.45) is 3.86. The van der Waals surface area contributed by atoms with Crippen LogP contribution in [-0.2, 0) is 11.3 Å². The molecule has 1 N–H and O–H groups in total. The maximum atomic E-state index is 5.05. The fourth-order valence-corrected chi connectivity index (χ4v) is 1.17. The van der Waals surface area contributed by atoms with E-state index in [2.05, 4.69) is 17.3 Å². The van der Waals surface area contributed by atoms with Gasteiger partial charge in [0.05, 0.1) is 31.1 Å². The molecule has 1 aliphatic heterocycles. The summed E-state index contributed by atoms with van der Waals surface area (Å²) >= 11 is 0. The number of hydrogen-bond donors (Lipinski definition) is 1. The largest absolute Gasteiger partial charge is 0.377 e. The first kappa shape index (κ1) is 7.61. The van der Waals surface area contributed by atoms with Crippen LogP contribution in [0.5, 0.6) is 0 Å². The van der Waals surface area contributed by atoms with Gasteiger partial charge in [-0.25, -0.2) is 0 Å². The number of hydrogen-bond acceptors (Lipinski definition) is 3. The number of anilines is 1. The molecule has 0 amide bonds. The van der Waals surface area contributed by atoms with E-state index in [-0.39, 0.29) is 0 Å². The summed E-state index contributed by atoms with van der Waals surface area (Å²) in [4.78, 5) is 0. The Morgan fingerprint density at radius 3 is 3.08 bits per heavy atom. The van der Waals surface area contributed by atoms with E-state index in [1.165, 1.54) is 0 Å². The maximum Gasteiger partial charge on any atom is 0.0730 e. The van der Waals surface area contributed by atoms with E-state index in [1.54, 1.807) is 0 Å². The molecular formula is C8H13N3O. The van der Waals surface area contributed by atoms with E-state index in [0.29, 0.717) is 6.04 Å². The van der Waals surface area contributed by atoms with Crippen LogP contribution in [0.4, 0.5) is 5.69 Å². The molecule has 12 heavy (non-hydrogen) atoms. The van der Waals surface area contributed by atoms with Crippen LogP contribution >= 0.6 is 0 Å². The van der Waals surface area contributed by atoms with Gasteiger partial charge < -0.3 is 10.1 Å². The fourth-order valence-electron chi connectivity index (χ4n) is 1.17. The molecule has 1 aromatic rings. The Hall–Kier alpha value is -1.03. The van der Waals surface area contributed by atoms with Gasteiger partial charge in [-0.2, -0.15) is 5.10 Å². The van der Waals surface area contributed by atoms with Crippen LogP contribution in [0.1, 0.15) is 6.92 Å². The number of aryl methyl sites for hydroxylation is 1. The molecule has 4 heteroatoms. The maximum absolute atomic E-state index is 5.05. The topological polar surface area (TPSA) is 39.1 Å². The SMILES string of the molecule is CCn1cc(NC2COC2)cn1. The monoisotopic (exact) mass is 167 g/mol. The Kier molecular flexibility index (Phi) is 1.99. The van der Waals surface area contributed by atoms with Gasteiger partial charge in [0.15, 0.2) is 0 Å². The van der Waals surface area contributed by atoms with Crippen molar-refractivity contribution in [3.8, 4) is 0 Å². The molecular weight excluding hydrogens is 154 g/mol. The van der Waals surface area contributed by atoms with Crippen molar-refractivity contribution in [1.29, 1.82) is 0 Å². The minimum Gasteiger partial charge on any atom is -0.377 e. The second-order valence-corrected chi connectivity index (χ2v) is 2.96. The molecule has 4 nitrogen and oxygen atoms in total. The highest BCUT2D eigenvalue weighted by molar-refractivity contribution is 5.39. The molecule has 1 aromatic heterocycles. The predicted molar refractivity (Wildman–Crippen MR) is 46.1 cm³/mol. The Labute approximate surface area is 71.5 Å². The van der Waals surface area contributed by atoms with Crippen molar-refractivity contribution in [2.75, 3.05) is 18.5 Å². The molecule has 2 rings (SSSR count). The molecule has 66 valence electrons. The fraction of sp³-hybridized carbons (Fsp3) is 0.625. The van der Waals surface area contributed by atoms with Crippen LogP contribution in [0.3, 0.4) is 0 Å². The highest BCUT2D eigenvalue weighted by Crippen LogP contribution is 2.11. The molecule has 0 radical (unpaired) electrons. The third-order valence-corrected chi connectivity index (χ3v) is 1.97. The zero-order valence-corrected chi connectivity index (χ0v) is 7.16. The highest BCUT2D eigenvalue weighted by Gasteiger charge is 2.17. The Bertz CT molecular complexity index is 255.